The van der Waals surface area contributed by atoms with Crippen molar-refractivity contribution in [2.75, 3.05) is 18.8 Å². The number of likely N-dealkylation sites (tertiary alicyclic amines) is 1. The highest BCUT2D eigenvalue weighted by Crippen LogP contribution is 2.26. The molecule has 4 nitrogen and oxygen atoms in total. The van der Waals surface area contributed by atoms with Gasteiger partial charge >= 0.3 is 0 Å². The van der Waals surface area contributed by atoms with Gasteiger partial charge in [0, 0.05) is 13.1 Å². The third-order valence-electron chi connectivity index (χ3n) is 2.44. The van der Waals surface area contributed by atoms with Gasteiger partial charge in [-0.1, -0.05) is 6.07 Å². The van der Waals surface area contributed by atoms with Gasteiger partial charge in [-0.2, -0.15) is 0 Å². The summed E-state index contributed by atoms with van der Waals surface area (Å²) in [6.45, 7) is 1.54. The summed E-state index contributed by atoms with van der Waals surface area (Å²) in [6, 6.07) is 4.83. The van der Waals surface area contributed by atoms with Crippen LogP contribution in [0.4, 0.5) is 5.69 Å². The molecule has 0 unspecified atom stereocenters. The first-order valence-electron chi connectivity index (χ1n) is 4.57. The van der Waals surface area contributed by atoms with E-state index in [-0.39, 0.29) is 17.3 Å². The Balaban J connectivity index is 2.31. The summed E-state index contributed by atoms with van der Waals surface area (Å²) in [6.07, 6.45) is 1.04. The van der Waals surface area contributed by atoms with Crippen molar-refractivity contribution in [3.05, 3.63) is 23.8 Å². The Morgan fingerprint density at radius 3 is 2.71 bits per heavy atom. The molecule has 3 N–H and O–H groups in total. The SMILES string of the molecule is Nc1cccc(C(=O)N2CCC2)c1O. The first-order valence-corrected chi connectivity index (χ1v) is 4.57. The fourth-order valence-electron chi connectivity index (χ4n) is 1.42. The predicted octanol–water partition coefficient (Wildman–Crippen LogP) is 0.820. The number of phenolic OH excluding ortho intramolecular Hbond substituents is 1. The van der Waals surface area contributed by atoms with Gasteiger partial charge in [0.25, 0.3) is 5.91 Å². The second-order valence-corrected chi connectivity index (χ2v) is 3.39. The predicted molar refractivity (Wildman–Crippen MR) is 53.0 cm³/mol. The fourth-order valence-corrected chi connectivity index (χ4v) is 1.42. The Kier molecular flexibility index (Phi) is 2.04. The molecule has 0 aromatic heterocycles. The minimum atomic E-state index is -0.138. The minimum absolute atomic E-state index is 0.107. The van der Waals surface area contributed by atoms with Crippen molar-refractivity contribution in [1.29, 1.82) is 0 Å². The molecular formula is C10H12N2O2. The number of anilines is 1. The quantitative estimate of drug-likeness (QED) is 0.511. The number of hydrogen-bond donors (Lipinski definition) is 2. The van der Waals surface area contributed by atoms with Gasteiger partial charge in [0.05, 0.1) is 11.3 Å². The molecule has 1 heterocycles. The lowest BCUT2D eigenvalue weighted by atomic mass is 10.1. The molecule has 0 aliphatic carbocycles. The van der Waals surface area contributed by atoms with Crippen LogP contribution in [0.3, 0.4) is 0 Å². The van der Waals surface area contributed by atoms with Crippen LogP contribution in [0.2, 0.25) is 0 Å². The summed E-state index contributed by atoms with van der Waals surface area (Å²) < 4.78 is 0. The van der Waals surface area contributed by atoms with Crippen molar-refractivity contribution in [3.63, 3.8) is 0 Å². The molecule has 1 amide bonds. The van der Waals surface area contributed by atoms with Gasteiger partial charge in [0.15, 0.2) is 5.75 Å². The number of amides is 1. The van der Waals surface area contributed by atoms with Gasteiger partial charge in [-0.3, -0.25) is 4.79 Å². The summed E-state index contributed by atoms with van der Waals surface area (Å²) in [4.78, 5) is 13.4. The Hall–Kier alpha value is -1.71. The van der Waals surface area contributed by atoms with Crippen molar-refractivity contribution >= 4 is 11.6 Å². The number of rotatable bonds is 1. The number of hydrogen-bond acceptors (Lipinski definition) is 3. The van der Waals surface area contributed by atoms with Crippen LogP contribution < -0.4 is 5.73 Å². The third-order valence-corrected chi connectivity index (χ3v) is 2.44. The number of carbonyl (C=O) groups is 1. The van der Waals surface area contributed by atoms with Crippen LogP contribution in [0, 0.1) is 0 Å². The molecule has 0 radical (unpaired) electrons. The van der Waals surface area contributed by atoms with Crippen molar-refractivity contribution in [2.24, 2.45) is 0 Å². The third kappa shape index (κ3) is 1.28. The average Bonchev–Trinajstić information content (AvgIpc) is 2.06. The number of nitrogen functional groups attached to an aromatic ring is 1. The molecule has 1 saturated heterocycles. The maximum Gasteiger partial charge on any atom is 0.257 e. The van der Waals surface area contributed by atoms with E-state index in [9.17, 15) is 9.90 Å². The summed E-state index contributed by atoms with van der Waals surface area (Å²) in [7, 11) is 0. The largest absolute Gasteiger partial charge is 0.505 e. The smallest absolute Gasteiger partial charge is 0.257 e. The van der Waals surface area contributed by atoms with Gasteiger partial charge in [0.1, 0.15) is 0 Å². The molecule has 4 heteroatoms. The summed E-state index contributed by atoms with van der Waals surface area (Å²) in [5.74, 6) is -0.245. The van der Waals surface area contributed by atoms with Crippen LogP contribution in [-0.4, -0.2) is 29.0 Å². The van der Waals surface area contributed by atoms with Gasteiger partial charge in [-0.15, -0.1) is 0 Å². The average molecular weight is 192 g/mol. The second-order valence-electron chi connectivity index (χ2n) is 3.39. The van der Waals surface area contributed by atoms with Crippen LogP contribution in [-0.2, 0) is 0 Å². The monoisotopic (exact) mass is 192 g/mol. The zero-order valence-corrected chi connectivity index (χ0v) is 7.73. The Morgan fingerprint density at radius 1 is 1.43 bits per heavy atom. The van der Waals surface area contributed by atoms with E-state index in [2.05, 4.69) is 0 Å². The van der Waals surface area contributed by atoms with Gasteiger partial charge < -0.3 is 15.7 Å². The van der Waals surface area contributed by atoms with Crippen molar-refractivity contribution in [1.82, 2.24) is 4.90 Å². The Bertz CT molecular complexity index is 372. The van der Waals surface area contributed by atoms with Gasteiger partial charge in [-0.25, -0.2) is 0 Å². The zero-order chi connectivity index (χ0) is 10.1. The maximum absolute atomic E-state index is 11.7. The summed E-state index contributed by atoms with van der Waals surface area (Å²) in [5, 5.41) is 9.56. The number of nitrogens with zero attached hydrogens (tertiary/aromatic N) is 1. The van der Waals surface area contributed by atoms with E-state index in [1.165, 1.54) is 0 Å². The van der Waals surface area contributed by atoms with E-state index >= 15 is 0 Å². The lowest BCUT2D eigenvalue weighted by molar-refractivity contribution is 0.0649. The van der Waals surface area contributed by atoms with E-state index in [1.54, 1.807) is 23.1 Å². The zero-order valence-electron chi connectivity index (χ0n) is 7.73. The summed E-state index contributed by atoms with van der Waals surface area (Å²) >= 11 is 0. The van der Waals surface area contributed by atoms with E-state index in [0.29, 0.717) is 5.56 Å². The van der Waals surface area contributed by atoms with Crippen LogP contribution in [0.5, 0.6) is 5.75 Å². The van der Waals surface area contributed by atoms with E-state index in [1.807, 2.05) is 0 Å². The van der Waals surface area contributed by atoms with Crippen LogP contribution >= 0.6 is 0 Å². The number of phenols is 1. The molecule has 14 heavy (non-hydrogen) atoms. The number of benzene rings is 1. The highest BCUT2D eigenvalue weighted by molar-refractivity contribution is 5.98. The molecule has 0 atom stereocenters. The molecule has 1 fully saturated rings. The highest BCUT2D eigenvalue weighted by atomic mass is 16.3. The molecule has 1 aromatic carbocycles. The van der Waals surface area contributed by atoms with Crippen molar-refractivity contribution < 1.29 is 9.90 Å². The van der Waals surface area contributed by atoms with E-state index in [4.69, 9.17) is 5.73 Å². The molecule has 1 aromatic rings. The van der Waals surface area contributed by atoms with E-state index < -0.39 is 0 Å². The standard InChI is InChI=1S/C10H12N2O2/c11-8-4-1-3-7(9(8)13)10(14)12-5-2-6-12/h1,3-4,13H,2,5-6,11H2. The van der Waals surface area contributed by atoms with Crippen LogP contribution in [0.15, 0.2) is 18.2 Å². The highest BCUT2D eigenvalue weighted by Gasteiger charge is 2.24. The molecule has 2 rings (SSSR count). The Labute approximate surface area is 81.9 Å². The molecule has 1 aliphatic heterocycles. The first kappa shape index (κ1) is 8.87. The summed E-state index contributed by atoms with van der Waals surface area (Å²) in [5.41, 5.74) is 6.04. The first-order chi connectivity index (χ1) is 6.70. The number of carbonyl (C=O) groups excluding carboxylic acids is 1. The number of nitrogens with two attached hydrogens (primary N) is 1. The molecule has 0 saturated carbocycles. The van der Waals surface area contributed by atoms with Crippen molar-refractivity contribution in [2.45, 2.75) is 6.42 Å². The number of para-hydroxylation sites is 1. The van der Waals surface area contributed by atoms with E-state index in [0.717, 1.165) is 19.5 Å². The second kappa shape index (κ2) is 3.21. The lowest BCUT2D eigenvalue weighted by Gasteiger charge is -2.31. The Morgan fingerprint density at radius 2 is 2.14 bits per heavy atom. The normalized spacial score (nSPS) is 15.0. The molecule has 74 valence electrons. The van der Waals surface area contributed by atoms with Gasteiger partial charge in [-0.05, 0) is 18.6 Å². The molecule has 0 spiro atoms. The van der Waals surface area contributed by atoms with Crippen LogP contribution in [0.1, 0.15) is 16.8 Å². The topological polar surface area (TPSA) is 66.6 Å². The molecule has 0 bridgehead atoms. The maximum atomic E-state index is 11.7. The van der Waals surface area contributed by atoms with Crippen LogP contribution in [0.25, 0.3) is 0 Å². The number of aromatic hydroxyl groups is 1. The lowest BCUT2D eigenvalue weighted by Crippen LogP contribution is -2.42. The molecular weight excluding hydrogens is 180 g/mol. The van der Waals surface area contributed by atoms with Crippen molar-refractivity contribution in [3.8, 4) is 5.75 Å². The molecule has 1 aliphatic rings. The minimum Gasteiger partial charge on any atom is -0.505 e. The fraction of sp³-hybridized carbons (Fsp3) is 0.300. The van der Waals surface area contributed by atoms with Gasteiger partial charge in [0.2, 0.25) is 0 Å².